The Morgan fingerprint density at radius 2 is 1.97 bits per heavy atom. The molecule has 0 spiro atoms. The molecule has 2 aliphatic carbocycles. The minimum Gasteiger partial charge on any atom is -0.497 e. The molecule has 29 heavy (non-hydrogen) atoms. The number of rotatable bonds is 4. The highest BCUT2D eigenvalue weighted by atomic mass is 35.5. The van der Waals surface area contributed by atoms with Gasteiger partial charge in [-0.25, -0.2) is 0 Å². The van der Waals surface area contributed by atoms with Crippen LogP contribution in [0, 0.1) is 17.8 Å². The molecule has 5 unspecified atom stereocenters. The number of methoxy groups -OCH3 is 1. The summed E-state index contributed by atoms with van der Waals surface area (Å²) in [5.74, 6) is 1.66. The molecule has 2 saturated carbocycles. The number of benzene rings is 1. The number of carbonyl (C=O) groups is 2. The van der Waals surface area contributed by atoms with Gasteiger partial charge in [-0.05, 0) is 55.2 Å². The predicted molar refractivity (Wildman–Crippen MR) is 112 cm³/mol. The number of hydrogen-bond acceptors (Lipinski definition) is 4. The highest BCUT2D eigenvalue weighted by Crippen LogP contribution is 2.47. The van der Waals surface area contributed by atoms with E-state index in [1.807, 2.05) is 34.1 Å². The van der Waals surface area contributed by atoms with E-state index in [9.17, 15) is 9.59 Å². The lowest BCUT2D eigenvalue weighted by Crippen LogP contribution is -2.39. The van der Waals surface area contributed by atoms with Crippen LogP contribution in [0.2, 0.25) is 0 Å². The summed E-state index contributed by atoms with van der Waals surface area (Å²) in [4.78, 5) is 30.4. The lowest BCUT2D eigenvalue weighted by atomic mass is 9.92. The molecular formula is C22H30ClN3O3. The van der Waals surface area contributed by atoms with Crippen molar-refractivity contribution >= 4 is 24.2 Å². The summed E-state index contributed by atoms with van der Waals surface area (Å²) in [5, 5.41) is 0. The van der Waals surface area contributed by atoms with Gasteiger partial charge in [0.2, 0.25) is 11.8 Å². The van der Waals surface area contributed by atoms with E-state index >= 15 is 0 Å². The topological polar surface area (TPSA) is 75.9 Å². The summed E-state index contributed by atoms with van der Waals surface area (Å²) in [6.45, 7) is 1.56. The number of nitrogens with zero attached hydrogens (tertiary/aromatic N) is 2. The highest BCUT2D eigenvalue weighted by molar-refractivity contribution is 5.91. The molecule has 6 nitrogen and oxygen atoms in total. The van der Waals surface area contributed by atoms with Gasteiger partial charge in [-0.15, -0.1) is 12.4 Å². The van der Waals surface area contributed by atoms with E-state index in [1.54, 1.807) is 7.11 Å². The normalized spacial score (nSPS) is 33.6. The fraction of sp³-hybridized carbons (Fsp3) is 0.636. The zero-order valence-electron chi connectivity index (χ0n) is 16.8. The number of fused-ring (bicyclic) bond motifs is 1. The molecule has 4 aliphatic rings. The van der Waals surface area contributed by atoms with E-state index in [1.165, 1.54) is 0 Å². The maximum absolute atomic E-state index is 13.5. The maximum atomic E-state index is 13.5. The first-order valence-corrected chi connectivity index (χ1v) is 10.6. The molecule has 158 valence electrons. The van der Waals surface area contributed by atoms with E-state index in [0.29, 0.717) is 18.3 Å². The number of nitrogens with two attached hydrogens (primary N) is 1. The first-order valence-electron chi connectivity index (χ1n) is 10.6. The first-order chi connectivity index (χ1) is 13.6. The minimum absolute atomic E-state index is 0. The number of hydrogen-bond donors (Lipinski definition) is 1. The average Bonchev–Trinajstić information content (AvgIpc) is 3.21. The third-order valence-electron chi connectivity index (χ3n) is 7.28. The van der Waals surface area contributed by atoms with Crippen molar-refractivity contribution in [3.8, 4) is 5.75 Å². The zero-order chi connectivity index (χ0) is 19.4. The van der Waals surface area contributed by atoms with E-state index in [4.69, 9.17) is 10.5 Å². The van der Waals surface area contributed by atoms with Crippen LogP contribution in [0.5, 0.6) is 5.75 Å². The molecule has 2 heterocycles. The van der Waals surface area contributed by atoms with Gasteiger partial charge in [-0.1, -0.05) is 12.1 Å². The maximum Gasteiger partial charge on any atom is 0.228 e. The molecular weight excluding hydrogens is 390 g/mol. The predicted octanol–water partition coefficient (Wildman–Crippen LogP) is 2.36. The molecule has 0 bridgehead atoms. The standard InChI is InChI=1S/C22H29N3O3.ClH/c1-28-16-4-2-3-13(9-16)21-17(10-20(26)25(21)15-6-7-15)22(27)24-11-14-5-8-19(23)18(14)12-24;/h2-4,9,14-15,17-19,21H,5-8,10-12,23H2,1H3;1H. The van der Waals surface area contributed by atoms with Crippen LogP contribution < -0.4 is 10.5 Å². The molecule has 0 radical (unpaired) electrons. The van der Waals surface area contributed by atoms with E-state index in [2.05, 4.69) is 0 Å². The zero-order valence-corrected chi connectivity index (χ0v) is 17.6. The average molecular weight is 420 g/mol. The van der Waals surface area contributed by atoms with Crippen molar-refractivity contribution in [2.24, 2.45) is 23.5 Å². The van der Waals surface area contributed by atoms with Crippen molar-refractivity contribution in [2.45, 2.75) is 50.2 Å². The molecule has 2 amide bonds. The van der Waals surface area contributed by atoms with Crippen LogP contribution in [0.25, 0.3) is 0 Å². The van der Waals surface area contributed by atoms with Crippen molar-refractivity contribution in [3.05, 3.63) is 29.8 Å². The molecule has 0 aromatic heterocycles. The third-order valence-corrected chi connectivity index (χ3v) is 7.28. The van der Waals surface area contributed by atoms with Crippen LogP contribution in [-0.4, -0.2) is 53.9 Å². The SMILES string of the molecule is COc1cccc(C2C(C(=O)N3CC4CCC(N)C4C3)CC(=O)N2C2CC2)c1.Cl. The summed E-state index contributed by atoms with van der Waals surface area (Å²) in [6, 6.07) is 8.17. The number of carbonyl (C=O) groups excluding carboxylic acids is 2. The Labute approximate surface area is 178 Å². The second kappa shape index (κ2) is 7.80. The van der Waals surface area contributed by atoms with Gasteiger partial charge in [-0.3, -0.25) is 9.59 Å². The van der Waals surface area contributed by atoms with Crippen molar-refractivity contribution in [2.75, 3.05) is 20.2 Å². The van der Waals surface area contributed by atoms with Crippen LogP contribution in [0.15, 0.2) is 24.3 Å². The molecule has 4 fully saturated rings. The van der Waals surface area contributed by atoms with Gasteiger partial charge in [-0.2, -0.15) is 0 Å². The van der Waals surface area contributed by atoms with Gasteiger partial charge in [0.15, 0.2) is 0 Å². The Bertz CT molecular complexity index is 799. The Kier molecular flexibility index (Phi) is 5.51. The van der Waals surface area contributed by atoms with Gasteiger partial charge >= 0.3 is 0 Å². The van der Waals surface area contributed by atoms with Crippen LogP contribution in [0.4, 0.5) is 0 Å². The number of halogens is 1. The van der Waals surface area contributed by atoms with Crippen molar-refractivity contribution in [1.82, 2.24) is 9.80 Å². The van der Waals surface area contributed by atoms with Gasteiger partial charge in [0, 0.05) is 31.6 Å². The smallest absolute Gasteiger partial charge is 0.228 e. The molecule has 1 aromatic carbocycles. The fourth-order valence-electron chi connectivity index (χ4n) is 5.70. The van der Waals surface area contributed by atoms with Crippen molar-refractivity contribution in [3.63, 3.8) is 0 Å². The third kappa shape index (κ3) is 3.50. The largest absolute Gasteiger partial charge is 0.497 e. The van der Waals surface area contributed by atoms with Crippen LogP contribution in [0.1, 0.15) is 43.7 Å². The fourth-order valence-corrected chi connectivity index (χ4v) is 5.70. The summed E-state index contributed by atoms with van der Waals surface area (Å²) < 4.78 is 5.40. The summed E-state index contributed by atoms with van der Waals surface area (Å²) in [5.41, 5.74) is 7.27. The molecule has 2 aliphatic heterocycles. The molecule has 2 N–H and O–H groups in total. The van der Waals surface area contributed by atoms with Gasteiger partial charge in [0.25, 0.3) is 0 Å². The van der Waals surface area contributed by atoms with Crippen LogP contribution in [-0.2, 0) is 9.59 Å². The number of amides is 2. The quantitative estimate of drug-likeness (QED) is 0.812. The lowest BCUT2D eigenvalue weighted by molar-refractivity contribution is -0.135. The Morgan fingerprint density at radius 1 is 1.17 bits per heavy atom. The molecule has 5 atom stereocenters. The van der Waals surface area contributed by atoms with E-state index < -0.39 is 0 Å². The van der Waals surface area contributed by atoms with Crippen LogP contribution >= 0.6 is 12.4 Å². The van der Waals surface area contributed by atoms with Crippen molar-refractivity contribution < 1.29 is 14.3 Å². The molecule has 5 rings (SSSR count). The monoisotopic (exact) mass is 419 g/mol. The van der Waals surface area contributed by atoms with Gasteiger partial charge < -0.3 is 20.3 Å². The second-order valence-electron chi connectivity index (χ2n) is 8.97. The molecule has 2 saturated heterocycles. The second-order valence-corrected chi connectivity index (χ2v) is 8.97. The summed E-state index contributed by atoms with van der Waals surface area (Å²) in [7, 11) is 1.65. The molecule has 1 aromatic rings. The molecule has 7 heteroatoms. The van der Waals surface area contributed by atoms with Crippen LogP contribution in [0.3, 0.4) is 0 Å². The summed E-state index contributed by atoms with van der Waals surface area (Å²) in [6.07, 6.45) is 4.58. The lowest BCUT2D eigenvalue weighted by Gasteiger charge is -2.31. The van der Waals surface area contributed by atoms with Gasteiger partial charge in [0.1, 0.15) is 5.75 Å². The van der Waals surface area contributed by atoms with E-state index in [-0.39, 0.29) is 48.3 Å². The van der Waals surface area contributed by atoms with Crippen molar-refractivity contribution in [1.29, 1.82) is 0 Å². The Balaban J connectivity index is 0.00000205. The minimum atomic E-state index is -0.310. The number of ether oxygens (including phenoxy) is 1. The number of likely N-dealkylation sites (tertiary alicyclic amines) is 2. The summed E-state index contributed by atoms with van der Waals surface area (Å²) >= 11 is 0. The highest BCUT2D eigenvalue weighted by Gasteiger charge is 2.52. The Hall–Kier alpha value is -1.79. The van der Waals surface area contributed by atoms with Gasteiger partial charge in [0.05, 0.1) is 19.1 Å². The first kappa shape index (κ1) is 20.5. The van der Waals surface area contributed by atoms with E-state index in [0.717, 1.165) is 50.1 Å². The Morgan fingerprint density at radius 3 is 2.66 bits per heavy atom.